The zero-order valence-electron chi connectivity index (χ0n) is 18.6. The Bertz CT molecular complexity index is 1000. The molecule has 2 heterocycles. The lowest BCUT2D eigenvalue weighted by Crippen LogP contribution is -2.39. The van der Waals surface area contributed by atoms with Crippen LogP contribution in [0.15, 0.2) is 48.7 Å². The predicted octanol–water partition coefficient (Wildman–Crippen LogP) is 0.368. The maximum absolute atomic E-state index is 11.6. The number of thioether (sulfide) groups is 1. The number of carbonyl (C=O) groups is 4. The monoisotopic (exact) mass is 507 g/mol. The van der Waals surface area contributed by atoms with E-state index in [4.69, 9.17) is 25.2 Å². The Hall–Kier alpha value is -3.68. The highest BCUT2D eigenvalue weighted by Crippen LogP contribution is 2.23. The Morgan fingerprint density at radius 3 is 2.20 bits per heavy atom. The molecule has 1 saturated heterocycles. The van der Waals surface area contributed by atoms with Crippen LogP contribution in [-0.2, 0) is 20.8 Å². The molecule has 1 aromatic carbocycles. The summed E-state index contributed by atoms with van der Waals surface area (Å²) in [5.41, 5.74) is 1.00. The molecule has 0 radical (unpaired) electrons. The number of nitrogens with one attached hydrogen (secondary N) is 1. The van der Waals surface area contributed by atoms with Crippen molar-refractivity contribution in [3.63, 3.8) is 0 Å². The van der Waals surface area contributed by atoms with Gasteiger partial charge in [-0.2, -0.15) is 0 Å². The van der Waals surface area contributed by atoms with Gasteiger partial charge in [-0.15, -0.1) is 0 Å². The predicted molar refractivity (Wildman–Crippen MR) is 125 cm³/mol. The van der Waals surface area contributed by atoms with Crippen LogP contribution < -0.4 is 15.0 Å². The molecule has 0 saturated carbocycles. The summed E-state index contributed by atoms with van der Waals surface area (Å²) in [5, 5.41) is 34.2. The van der Waals surface area contributed by atoms with E-state index in [-0.39, 0.29) is 16.4 Å². The molecule has 1 aliphatic heterocycles. The molecule has 3 rings (SSSR count). The molecule has 2 amide bonds. The van der Waals surface area contributed by atoms with Crippen LogP contribution in [0.1, 0.15) is 5.56 Å². The van der Waals surface area contributed by atoms with Crippen molar-refractivity contribution >= 4 is 40.7 Å². The van der Waals surface area contributed by atoms with Gasteiger partial charge in [-0.05, 0) is 36.2 Å². The molecule has 1 fully saturated rings. The molecule has 1 aliphatic rings. The van der Waals surface area contributed by atoms with Crippen molar-refractivity contribution in [2.45, 2.75) is 23.9 Å². The molecule has 0 spiro atoms. The Kier molecular flexibility index (Phi) is 10.5. The molecule has 188 valence electrons. The average molecular weight is 508 g/mol. The minimum absolute atomic E-state index is 0.215. The fraction of sp³-hybridized carbons (Fsp3) is 0.318. The third kappa shape index (κ3) is 8.88. The first-order valence-electron chi connectivity index (χ1n) is 10.3. The van der Waals surface area contributed by atoms with Gasteiger partial charge in [0.25, 0.3) is 5.24 Å². The number of ether oxygens (including phenoxy) is 1. The lowest BCUT2D eigenvalue weighted by Gasteiger charge is -2.18. The summed E-state index contributed by atoms with van der Waals surface area (Å²) in [6, 6.07) is 13.4. The lowest BCUT2D eigenvalue weighted by atomic mass is 10.1. The molecule has 3 atom stereocenters. The molecule has 0 bridgehead atoms. The van der Waals surface area contributed by atoms with Gasteiger partial charge in [0, 0.05) is 13.2 Å². The van der Waals surface area contributed by atoms with E-state index in [0.717, 1.165) is 35.4 Å². The number of carboxylic acids is 2. The van der Waals surface area contributed by atoms with Gasteiger partial charge in [-0.25, -0.2) is 14.6 Å². The summed E-state index contributed by atoms with van der Waals surface area (Å²) >= 11 is 1.05. The topological polar surface area (TPSA) is 187 Å². The Labute approximate surface area is 204 Å². The van der Waals surface area contributed by atoms with Gasteiger partial charge < -0.3 is 30.1 Å². The molecule has 0 aliphatic carbocycles. The van der Waals surface area contributed by atoms with Crippen LogP contribution >= 0.6 is 11.8 Å². The van der Waals surface area contributed by atoms with Crippen LogP contribution in [0, 0.1) is 0 Å². The number of aliphatic carboxylic acids is 2. The van der Waals surface area contributed by atoms with Crippen molar-refractivity contribution in [3.8, 4) is 5.75 Å². The quantitative estimate of drug-likeness (QED) is 0.298. The van der Waals surface area contributed by atoms with E-state index in [1.165, 1.54) is 0 Å². The first-order chi connectivity index (χ1) is 16.6. The average Bonchev–Trinajstić information content (AvgIpc) is 3.16. The molecular formula is C22H25N3O9S. The van der Waals surface area contributed by atoms with Crippen molar-refractivity contribution in [1.29, 1.82) is 0 Å². The number of pyridine rings is 1. The first-order valence-corrected chi connectivity index (χ1v) is 11.1. The van der Waals surface area contributed by atoms with E-state index in [1.807, 2.05) is 54.4 Å². The highest BCUT2D eigenvalue weighted by Gasteiger charge is 2.31. The number of anilines is 1. The summed E-state index contributed by atoms with van der Waals surface area (Å²) < 4.78 is 5.75. The number of hydrogen-bond acceptors (Lipinski definition) is 10. The van der Waals surface area contributed by atoms with Crippen molar-refractivity contribution in [3.05, 3.63) is 54.2 Å². The van der Waals surface area contributed by atoms with Crippen LogP contribution in [-0.4, -0.2) is 86.2 Å². The lowest BCUT2D eigenvalue weighted by molar-refractivity contribution is -0.165. The third-order valence-corrected chi connectivity index (χ3v) is 5.63. The fourth-order valence-electron chi connectivity index (χ4n) is 2.73. The summed E-state index contributed by atoms with van der Waals surface area (Å²) in [6.07, 6.45) is -2.23. The number of imide groups is 1. The van der Waals surface area contributed by atoms with Gasteiger partial charge in [0.05, 0.1) is 11.8 Å². The number of rotatable bonds is 10. The number of nitrogens with zero attached hydrogens (tertiary/aromatic N) is 2. The van der Waals surface area contributed by atoms with Crippen LogP contribution in [0.5, 0.6) is 5.75 Å². The number of aromatic nitrogens is 1. The highest BCUT2D eigenvalue weighted by molar-refractivity contribution is 8.15. The highest BCUT2D eigenvalue weighted by atomic mass is 32.2. The van der Waals surface area contributed by atoms with Crippen molar-refractivity contribution in [1.82, 2.24) is 10.3 Å². The van der Waals surface area contributed by atoms with Gasteiger partial charge in [-0.1, -0.05) is 30.0 Å². The normalized spacial score (nSPS) is 16.4. The molecule has 35 heavy (non-hydrogen) atoms. The summed E-state index contributed by atoms with van der Waals surface area (Å²) in [6.45, 7) is 1.27. The minimum atomic E-state index is -2.27. The van der Waals surface area contributed by atoms with Gasteiger partial charge >= 0.3 is 11.9 Å². The summed E-state index contributed by atoms with van der Waals surface area (Å²) in [5.74, 6) is -2.07. The number of likely N-dealkylation sites (N-methyl/N-ethyl adjacent to an activating group) is 1. The van der Waals surface area contributed by atoms with Crippen molar-refractivity contribution in [2.75, 3.05) is 25.1 Å². The van der Waals surface area contributed by atoms with Gasteiger partial charge in [0.1, 0.15) is 18.2 Å². The molecule has 1 unspecified atom stereocenters. The number of amides is 2. The van der Waals surface area contributed by atoms with E-state index in [9.17, 15) is 19.2 Å². The van der Waals surface area contributed by atoms with Crippen molar-refractivity contribution < 1.29 is 44.3 Å². The second-order valence-corrected chi connectivity index (χ2v) is 8.43. The van der Waals surface area contributed by atoms with Gasteiger partial charge in [-0.3, -0.25) is 14.9 Å². The standard InChI is InChI=1S/C18H19N3O3S.C4H6O6/c1-21(16-4-2-3-9-19-16)10-11-24-14-7-5-13(6-8-14)12-15-17(22)20-18(23)25-15;5-1(3(7)8)2(6)4(9)10/h2-9,15H,10-12H2,1H3,(H,20,22,23);1-2,5-6H,(H,7,8)(H,9,10)/t;1-,2-/m.0/s1. The van der Waals surface area contributed by atoms with E-state index >= 15 is 0 Å². The molecule has 5 N–H and O–H groups in total. The van der Waals surface area contributed by atoms with Gasteiger partial charge in [0.15, 0.2) is 12.2 Å². The van der Waals surface area contributed by atoms with Crippen LogP contribution in [0.4, 0.5) is 10.6 Å². The Morgan fingerprint density at radius 1 is 1.09 bits per heavy atom. The molecular weight excluding hydrogens is 482 g/mol. The largest absolute Gasteiger partial charge is 0.492 e. The maximum atomic E-state index is 11.6. The third-order valence-electron chi connectivity index (χ3n) is 4.65. The maximum Gasteiger partial charge on any atom is 0.335 e. The summed E-state index contributed by atoms with van der Waals surface area (Å²) in [4.78, 5) is 48.6. The Morgan fingerprint density at radius 2 is 1.71 bits per heavy atom. The number of aliphatic hydroxyl groups excluding tert-OH is 2. The number of benzene rings is 1. The molecule has 2 aromatic rings. The first kappa shape index (κ1) is 27.6. The zero-order chi connectivity index (χ0) is 26.0. The second kappa shape index (κ2) is 13.3. The molecule has 12 nitrogen and oxygen atoms in total. The number of aliphatic hydroxyl groups is 2. The van der Waals surface area contributed by atoms with Crippen LogP contribution in [0.2, 0.25) is 0 Å². The number of carboxylic acid groups (broad SMARTS) is 2. The number of carbonyl (C=O) groups excluding carboxylic acids is 2. The van der Waals surface area contributed by atoms with Crippen LogP contribution in [0.3, 0.4) is 0 Å². The summed E-state index contributed by atoms with van der Waals surface area (Å²) in [7, 11) is 1.97. The molecule has 13 heteroatoms. The van der Waals surface area contributed by atoms with E-state index < -0.39 is 24.1 Å². The number of hydrogen-bond donors (Lipinski definition) is 5. The second-order valence-electron chi connectivity index (χ2n) is 7.26. The van der Waals surface area contributed by atoms with Crippen LogP contribution in [0.25, 0.3) is 0 Å². The fourth-order valence-corrected chi connectivity index (χ4v) is 3.59. The van der Waals surface area contributed by atoms with E-state index in [1.54, 1.807) is 6.20 Å². The molecule has 1 aromatic heterocycles. The minimum Gasteiger partial charge on any atom is -0.492 e. The van der Waals surface area contributed by atoms with E-state index in [2.05, 4.69) is 10.3 Å². The zero-order valence-corrected chi connectivity index (χ0v) is 19.4. The van der Waals surface area contributed by atoms with Crippen molar-refractivity contribution in [2.24, 2.45) is 0 Å². The van der Waals surface area contributed by atoms with E-state index in [0.29, 0.717) is 13.0 Å². The Balaban J connectivity index is 0.000000367. The smallest absolute Gasteiger partial charge is 0.335 e. The SMILES string of the molecule is CN(CCOc1ccc(CC2SC(=O)NC2=O)cc1)c1ccccn1.O=C(O)[C@@H](O)[C@H](O)C(=O)O. The van der Waals surface area contributed by atoms with Gasteiger partial charge in [0.2, 0.25) is 5.91 Å².